The highest BCUT2D eigenvalue weighted by Crippen LogP contribution is 2.06. The summed E-state index contributed by atoms with van der Waals surface area (Å²) in [5.41, 5.74) is 0. The maximum Gasteiger partial charge on any atom is 0.169 e. The van der Waals surface area contributed by atoms with Crippen molar-refractivity contribution in [3.8, 4) is 0 Å². The average molecular weight is 202 g/mol. The van der Waals surface area contributed by atoms with Crippen LogP contribution in [-0.4, -0.2) is 57.1 Å². The predicted molar refractivity (Wildman–Crippen MR) is 56.3 cm³/mol. The SMILES string of the molecule is COC(CN1CC(C)NC(C)C1)OC. The van der Waals surface area contributed by atoms with Crippen LogP contribution in [0, 0.1) is 0 Å². The standard InChI is InChI=1S/C10H22N2O2/c1-8-5-12(6-9(2)11-8)7-10(13-3)14-4/h8-11H,5-7H2,1-4H3. The van der Waals surface area contributed by atoms with Gasteiger partial charge in [-0.25, -0.2) is 0 Å². The molecule has 2 atom stereocenters. The van der Waals surface area contributed by atoms with E-state index in [1.807, 2.05) is 0 Å². The van der Waals surface area contributed by atoms with Crippen LogP contribution in [0.15, 0.2) is 0 Å². The van der Waals surface area contributed by atoms with Crippen LogP contribution in [-0.2, 0) is 9.47 Å². The molecule has 14 heavy (non-hydrogen) atoms. The third kappa shape index (κ3) is 3.53. The number of hydrogen-bond acceptors (Lipinski definition) is 4. The Morgan fingerprint density at radius 1 is 1.21 bits per heavy atom. The normalized spacial score (nSPS) is 29.8. The van der Waals surface area contributed by atoms with E-state index in [1.165, 1.54) is 0 Å². The van der Waals surface area contributed by atoms with E-state index in [1.54, 1.807) is 14.2 Å². The van der Waals surface area contributed by atoms with Crippen LogP contribution in [0.5, 0.6) is 0 Å². The molecule has 0 aliphatic carbocycles. The number of piperazine rings is 1. The summed E-state index contributed by atoms with van der Waals surface area (Å²) in [5.74, 6) is 0. The lowest BCUT2D eigenvalue weighted by Gasteiger charge is -2.37. The van der Waals surface area contributed by atoms with Gasteiger partial charge in [-0.05, 0) is 13.8 Å². The van der Waals surface area contributed by atoms with Gasteiger partial charge in [0, 0.05) is 45.9 Å². The lowest BCUT2D eigenvalue weighted by Crippen LogP contribution is -2.55. The van der Waals surface area contributed by atoms with Crippen molar-refractivity contribution in [3.05, 3.63) is 0 Å². The van der Waals surface area contributed by atoms with Crippen molar-refractivity contribution in [2.45, 2.75) is 32.2 Å². The lowest BCUT2D eigenvalue weighted by molar-refractivity contribution is -0.119. The highest BCUT2D eigenvalue weighted by atomic mass is 16.7. The summed E-state index contributed by atoms with van der Waals surface area (Å²) in [7, 11) is 3.37. The van der Waals surface area contributed by atoms with Gasteiger partial charge in [-0.15, -0.1) is 0 Å². The van der Waals surface area contributed by atoms with Crippen molar-refractivity contribution in [2.75, 3.05) is 33.9 Å². The van der Waals surface area contributed by atoms with Gasteiger partial charge in [0.1, 0.15) is 0 Å². The molecular weight excluding hydrogens is 180 g/mol. The Hall–Kier alpha value is -0.160. The summed E-state index contributed by atoms with van der Waals surface area (Å²) in [6, 6.07) is 1.10. The Balaban J connectivity index is 2.35. The predicted octanol–water partition coefficient (Wildman–Crippen LogP) is 0.288. The average Bonchev–Trinajstić information content (AvgIpc) is 2.12. The molecule has 1 fully saturated rings. The fraction of sp³-hybridized carbons (Fsp3) is 1.00. The van der Waals surface area contributed by atoms with Crippen LogP contribution in [0.2, 0.25) is 0 Å². The molecule has 4 heteroatoms. The fourth-order valence-corrected chi connectivity index (χ4v) is 2.05. The molecule has 1 rings (SSSR count). The summed E-state index contributed by atoms with van der Waals surface area (Å²) < 4.78 is 10.4. The second kappa shape index (κ2) is 5.66. The summed E-state index contributed by atoms with van der Waals surface area (Å²) in [6.45, 7) is 7.39. The van der Waals surface area contributed by atoms with E-state index in [2.05, 4.69) is 24.1 Å². The van der Waals surface area contributed by atoms with Crippen LogP contribution in [0.25, 0.3) is 0 Å². The minimum atomic E-state index is -0.104. The first-order valence-corrected chi connectivity index (χ1v) is 5.19. The molecule has 2 unspecified atom stereocenters. The third-order valence-corrected chi connectivity index (χ3v) is 2.57. The number of ether oxygens (including phenoxy) is 2. The molecule has 0 aromatic carbocycles. The molecular formula is C10H22N2O2. The van der Waals surface area contributed by atoms with E-state index in [9.17, 15) is 0 Å². The van der Waals surface area contributed by atoms with Gasteiger partial charge in [0.05, 0.1) is 0 Å². The first-order chi connectivity index (χ1) is 6.65. The number of methoxy groups -OCH3 is 2. The van der Waals surface area contributed by atoms with Crippen molar-refractivity contribution in [3.63, 3.8) is 0 Å². The van der Waals surface area contributed by atoms with Gasteiger partial charge in [0.25, 0.3) is 0 Å². The zero-order valence-electron chi connectivity index (χ0n) is 9.62. The summed E-state index contributed by atoms with van der Waals surface area (Å²) in [6.07, 6.45) is -0.104. The molecule has 0 aromatic heterocycles. The third-order valence-electron chi connectivity index (χ3n) is 2.57. The molecule has 0 aromatic rings. The zero-order chi connectivity index (χ0) is 10.6. The minimum absolute atomic E-state index is 0.104. The maximum atomic E-state index is 5.19. The Morgan fingerprint density at radius 3 is 2.14 bits per heavy atom. The number of nitrogens with one attached hydrogen (secondary N) is 1. The van der Waals surface area contributed by atoms with E-state index in [0.29, 0.717) is 12.1 Å². The van der Waals surface area contributed by atoms with Crippen molar-refractivity contribution >= 4 is 0 Å². The molecule has 0 radical (unpaired) electrons. The molecule has 1 heterocycles. The second-order valence-electron chi connectivity index (χ2n) is 4.09. The smallest absolute Gasteiger partial charge is 0.169 e. The number of rotatable bonds is 4. The van der Waals surface area contributed by atoms with E-state index >= 15 is 0 Å². The van der Waals surface area contributed by atoms with Gasteiger partial charge in [0.2, 0.25) is 0 Å². The van der Waals surface area contributed by atoms with Crippen molar-refractivity contribution in [1.82, 2.24) is 10.2 Å². The molecule has 0 spiro atoms. The summed E-state index contributed by atoms with van der Waals surface area (Å²) in [4.78, 5) is 2.38. The number of hydrogen-bond donors (Lipinski definition) is 1. The van der Waals surface area contributed by atoms with Crippen molar-refractivity contribution in [2.24, 2.45) is 0 Å². The van der Waals surface area contributed by atoms with Gasteiger partial charge in [-0.3, -0.25) is 4.90 Å². The Labute approximate surface area is 86.6 Å². The van der Waals surface area contributed by atoms with Crippen LogP contribution >= 0.6 is 0 Å². The van der Waals surface area contributed by atoms with E-state index in [-0.39, 0.29) is 6.29 Å². The summed E-state index contributed by atoms with van der Waals surface area (Å²) >= 11 is 0. The van der Waals surface area contributed by atoms with Crippen molar-refractivity contribution in [1.29, 1.82) is 0 Å². The van der Waals surface area contributed by atoms with Gasteiger partial charge in [-0.1, -0.05) is 0 Å². The number of nitrogens with zero attached hydrogens (tertiary/aromatic N) is 1. The molecule has 1 aliphatic rings. The van der Waals surface area contributed by atoms with Crippen LogP contribution in [0.1, 0.15) is 13.8 Å². The van der Waals surface area contributed by atoms with Crippen LogP contribution < -0.4 is 5.32 Å². The highest BCUT2D eigenvalue weighted by molar-refractivity contribution is 4.81. The Bertz CT molecular complexity index is 152. The molecule has 0 bridgehead atoms. The Morgan fingerprint density at radius 2 is 1.71 bits per heavy atom. The van der Waals surface area contributed by atoms with Gasteiger partial charge in [0.15, 0.2) is 6.29 Å². The molecule has 0 amide bonds. The Kier molecular flexibility index (Phi) is 4.81. The van der Waals surface area contributed by atoms with Crippen LogP contribution in [0.4, 0.5) is 0 Å². The second-order valence-corrected chi connectivity index (χ2v) is 4.09. The topological polar surface area (TPSA) is 33.7 Å². The lowest BCUT2D eigenvalue weighted by atomic mass is 10.1. The van der Waals surface area contributed by atoms with Crippen molar-refractivity contribution < 1.29 is 9.47 Å². The van der Waals surface area contributed by atoms with Gasteiger partial charge in [-0.2, -0.15) is 0 Å². The summed E-state index contributed by atoms with van der Waals surface area (Å²) in [5, 5.41) is 3.50. The monoisotopic (exact) mass is 202 g/mol. The molecule has 0 saturated carbocycles. The van der Waals surface area contributed by atoms with E-state index in [4.69, 9.17) is 9.47 Å². The fourth-order valence-electron chi connectivity index (χ4n) is 2.05. The minimum Gasteiger partial charge on any atom is -0.355 e. The van der Waals surface area contributed by atoms with Gasteiger partial charge < -0.3 is 14.8 Å². The van der Waals surface area contributed by atoms with Crippen LogP contribution in [0.3, 0.4) is 0 Å². The highest BCUT2D eigenvalue weighted by Gasteiger charge is 2.22. The largest absolute Gasteiger partial charge is 0.355 e. The van der Waals surface area contributed by atoms with Gasteiger partial charge >= 0.3 is 0 Å². The van der Waals surface area contributed by atoms with E-state index in [0.717, 1.165) is 19.6 Å². The zero-order valence-corrected chi connectivity index (χ0v) is 9.62. The first-order valence-electron chi connectivity index (χ1n) is 5.19. The molecule has 1 aliphatic heterocycles. The maximum absolute atomic E-state index is 5.19. The van der Waals surface area contributed by atoms with E-state index < -0.39 is 0 Å². The molecule has 84 valence electrons. The quantitative estimate of drug-likeness (QED) is 0.664. The first kappa shape index (κ1) is 11.9. The molecule has 1 saturated heterocycles. The molecule has 1 N–H and O–H groups in total. The molecule has 4 nitrogen and oxygen atoms in total.